The standard InChI is InChI=1S/C25H20FN5O2S2.2ClH/c26-18-6-3-16(4-7-18)24-20(14-29-30-24)17-5-8-21-19(13-17)25(28-15-27-21)22-9-10-23(34-22)35(32,33)31-11-1-2-12-31;;/h3-10,13-15H,1-2,11-12H2,(H,29,30);2*1H. The minimum Gasteiger partial charge on any atom is -0.284 e. The van der Waals surface area contributed by atoms with Gasteiger partial charge in [-0.25, -0.2) is 22.8 Å². The van der Waals surface area contributed by atoms with E-state index in [0.717, 1.165) is 45.3 Å². The lowest BCUT2D eigenvalue weighted by Gasteiger charge is -2.13. The van der Waals surface area contributed by atoms with Gasteiger partial charge in [0.05, 0.1) is 21.8 Å². The van der Waals surface area contributed by atoms with Crippen LogP contribution in [0.15, 0.2) is 71.3 Å². The largest absolute Gasteiger partial charge is 0.284 e. The van der Waals surface area contributed by atoms with Gasteiger partial charge in [-0.1, -0.05) is 6.07 Å². The fourth-order valence-corrected chi connectivity index (χ4v) is 7.39. The molecule has 0 unspecified atom stereocenters. The summed E-state index contributed by atoms with van der Waals surface area (Å²) in [5, 5.41) is 8.09. The molecule has 5 aromatic rings. The van der Waals surface area contributed by atoms with E-state index in [1.807, 2.05) is 24.3 Å². The molecule has 12 heteroatoms. The molecular weight excluding hydrogens is 556 g/mol. The lowest BCUT2D eigenvalue weighted by Crippen LogP contribution is -2.27. The van der Waals surface area contributed by atoms with Gasteiger partial charge in [0.1, 0.15) is 16.4 Å². The molecular formula is C25H22Cl2FN5O2S2. The van der Waals surface area contributed by atoms with Crippen LogP contribution in [0, 0.1) is 5.82 Å². The van der Waals surface area contributed by atoms with Gasteiger partial charge in [-0.05, 0) is 66.9 Å². The summed E-state index contributed by atoms with van der Waals surface area (Å²) in [6, 6.07) is 15.5. The maximum atomic E-state index is 13.4. The van der Waals surface area contributed by atoms with Gasteiger partial charge in [0.25, 0.3) is 10.0 Å². The summed E-state index contributed by atoms with van der Waals surface area (Å²) in [5.41, 5.74) is 4.68. The highest BCUT2D eigenvalue weighted by molar-refractivity contribution is 7.91. The van der Waals surface area contributed by atoms with Gasteiger partial charge in [0.2, 0.25) is 0 Å². The molecule has 4 heterocycles. The first-order valence-corrected chi connectivity index (χ1v) is 13.4. The number of hydrogen-bond acceptors (Lipinski definition) is 6. The quantitative estimate of drug-likeness (QED) is 0.269. The summed E-state index contributed by atoms with van der Waals surface area (Å²) in [6.07, 6.45) is 5.08. The van der Waals surface area contributed by atoms with Crippen LogP contribution in [0.4, 0.5) is 4.39 Å². The van der Waals surface area contributed by atoms with Crippen LogP contribution in [-0.2, 0) is 10.0 Å². The van der Waals surface area contributed by atoms with Crippen molar-refractivity contribution in [3.63, 3.8) is 0 Å². The zero-order valence-electron chi connectivity index (χ0n) is 19.3. The van der Waals surface area contributed by atoms with Crippen LogP contribution in [0.2, 0.25) is 0 Å². The lowest BCUT2D eigenvalue weighted by molar-refractivity contribution is 0.479. The van der Waals surface area contributed by atoms with Crippen LogP contribution < -0.4 is 0 Å². The maximum absolute atomic E-state index is 13.4. The summed E-state index contributed by atoms with van der Waals surface area (Å²) in [7, 11) is -3.49. The fraction of sp³-hybridized carbons (Fsp3) is 0.160. The van der Waals surface area contributed by atoms with Crippen molar-refractivity contribution in [2.75, 3.05) is 13.1 Å². The number of aromatic amines is 1. The van der Waals surface area contributed by atoms with Gasteiger partial charge in [-0.15, -0.1) is 36.2 Å². The van der Waals surface area contributed by atoms with Crippen LogP contribution in [0.5, 0.6) is 0 Å². The molecule has 1 fully saturated rings. The van der Waals surface area contributed by atoms with Crippen molar-refractivity contribution in [2.24, 2.45) is 0 Å². The molecule has 0 radical (unpaired) electrons. The highest BCUT2D eigenvalue weighted by Crippen LogP contribution is 2.37. The van der Waals surface area contributed by atoms with Crippen LogP contribution in [0.3, 0.4) is 0 Å². The molecule has 1 N–H and O–H groups in total. The molecule has 0 aliphatic carbocycles. The first-order valence-electron chi connectivity index (χ1n) is 11.2. The molecule has 7 nitrogen and oxygen atoms in total. The smallest absolute Gasteiger partial charge is 0.252 e. The van der Waals surface area contributed by atoms with Gasteiger partial charge < -0.3 is 0 Å². The average molecular weight is 579 g/mol. The second-order valence-corrected chi connectivity index (χ2v) is 11.6. The van der Waals surface area contributed by atoms with Crippen molar-refractivity contribution in [2.45, 2.75) is 17.1 Å². The Morgan fingerprint density at radius 3 is 2.38 bits per heavy atom. The number of hydrogen-bond donors (Lipinski definition) is 1. The Labute approximate surface area is 229 Å². The van der Waals surface area contributed by atoms with Gasteiger partial charge in [0.15, 0.2) is 0 Å². The summed E-state index contributed by atoms with van der Waals surface area (Å²) in [4.78, 5) is 9.67. The van der Waals surface area contributed by atoms with Gasteiger partial charge in [-0.2, -0.15) is 9.40 Å². The number of rotatable bonds is 5. The second-order valence-electron chi connectivity index (χ2n) is 8.34. The summed E-state index contributed by atoms with van der Waals surface area (Å²) in [6.45, 7) is 1.13. The van der Waals surface area contributed by atoms with Crippen molar-refractivity contribution in [1.82, 2.24) is 24.5 Å². The molecule has 1 aliphatic rings. The Hall–Kier alpha value is -2.89. The van der Waals surface area contributed by atoms with Crippen molar-refractivity contribution in [3.8, 4) is 33.0 Å². The van der Waals surface area contributed by atoms with E-state index in [-0.39, 0.29) is 30.6 Å². The number of halogens is 3. The van der Waals surface area contributed by atoms with E-state index in [1.165, 1.54) is 29.8 Å². The highest BCUT2D eigenvalue weighted by Gasteiger charge is 2.29. The normalized spacial score (nSPS) is 13.9. The predicted octanol–water partition coefficient (Wildman–Crippen LogP) is 6.18. The zero-order chi connectivity index (χ0) is 24.0. The van der Waals surface area contributed by atoms with E-state index in [0.29, 0.717) is 28.7 Å². The average Bonchev–Trinajstić information content (AvgIpc) is 3.66. The molecule has 3 aromatic heterocycles. The van der Waals surface area contributed by atoms with E-state index in [4.69, 9.17) is 0 Å². The first kappa shape index (κ1) is 27.2. The third-order valence-corrected chi connectivity index (χ3v) is 9.64. The van der Waals surface area contributed by atoms with Gasteiger partial charge >= 0.3 is 0 Å². The first-order chi connectivity index (χ1) is 17.0. The Morgan fingerprint density at radius 1 is 0.892 bits per heavy atom. The molecule has 1 aliphatic heterocycles. The second kappa shape index (κ2) is 10.8. The topological polar surface area (TPSA) is 91.8 Å². The zero-order valence-corrected chi connectivity index (χ0v) is 22.6. The van der Waals surface area contributed by atoms with Crippen LogP contribution in [0.1, 0.15) is 12.8 Å². The molecule has 0 saturated carbocycles. The molecule has 0 atom stereocenters. The minimum atomic E-state index is -3.49. The van der Waals surface area contributed by atoms with Gasteiger partial charge in [-0.3, -0.25) is 5.10 Å². The number of nitrogens with one attached hydrogen (secondary N) is 1. The summed E-state index contributed by atoms with van der Waals surface area (Å²) < 4.78 is 41.3. The molecule has 192 valence electrons. The van der Waals surface area contributed by atoms with Crippen molar-refractivity contribution >= 4 is 57.1 Å². The van der Waals surface area contributed by atoms with Crippen molar-refractivity contribution in [1.29, 1.82) is 0 Å². The van der Waals surface area contributed by atoms with E-state index < -0.39 is 10.0 Å². The molecule has 0 spiro atoms. The Bertz CT molecular complexity index is 1650. The molecule has 0 amide bonds. The number of thiophene rings is 1. The number of nitrogens with zero attached hydrogens (tertiary/aromatic N) is 4. The Morgan fingerprint density at radius 2 is 1.62 bits per heavy atom. The molecule has 6 rings (SSSR count). The number of benzene rings is 2. The maximum Gasteiger partial charge on any atom is 0.252 e. The molecule has 1 saturated heterocycles. The number of fused-ring (bicyclic) bond motifs is 1. The summed E-state index contributed by atoms with van der Waals surface area (Å²) >= 11 is 1.23. The van der Waals surface area contributed by atoms with Crippen molar-refractivity contribution in [3.05, 3.63) is 72.9 Å². The van der Waals surface area contributed by atoms with Crippen LogP contribution in [0.25, 0.3) is 43.9 Å². The van der Waals surface area contributed by atoms with Crippen LogP contribution in [-0.4, -0.2) is 46.0 Å². The lowest BCUT2D eigenvalue weighted by atomic mass is 9.99. The monoisotopic (exact) mass is 577 g/mol. The molecule has 0 bridgehead atoms. The predicted molar refractivity (Wildman–Crippen MR) is 148 cm³/mol. The number of H-pyrrole nitrogens is 1. The number of aromatic nitrogens is 4. The van der Waals surface area contributed by atoms with E-state index in [9.17, 15) is 12.8 Å². The minimum absolute atomic E-state index is 0. The van der Waals surface area contributed by atoms with Crippen molar-refractivity contribution < 1.29 is 12.8 Å². The van der Waals surface area contributed by atoms with Gasteiger partial charge in [0, 0.05) is 35.8 Å². The third-order valence-electron chi connectivity index (χ3n) is 6.18. The Balaban J connectivity index is 0.00000160. The van der Waals surface area contributed by atoms with E-state index >= 15 is 0 Å². The van der Waals surface area contributed by atoms with Crippen LogP contribution >= 0.6 is 36.2 Å². The Kier molecular flexibility index (Phi) is 7.96. The SMILES string of the molecule is Cl.Cl.O=S(=O)(c1ccc(-c2ncnc3ccc(-c4c[nH]nc4-c4ccc(F)cc4)cc23)s1)N1CCCC1. The molecule has 2 aromatic carbocycles. The highest BCUT2D eigenvalue weighted by atomic mass is 35.5. The summed E-state index contributed by atoms with van der Waals surface area (Å²) in [5.74, 6) is -0.305. The third kappa shape index (κ3) is 4.99. The van der Waals surface area contributed by atoms with E-state index in [1.54, 1.807) is 28.7 Å². The number of sulfonamides is 1. The van der Waals surface area contributed by atoms with E-state index in [2.05, 4.69) is 20.2 Å². The fourth-order valence-electron chi connectivity index (χ4n) is 4.40. The molecule has 37 heavy (non-hydrogen) atoms.